The zero-order chi connectivity index (χ0) is 8.97. The Labute approximate surface area is 71.7 Å². The number of hydrogen-bond donors (Lipinski definition) is 0. The number of nitrogens with zero attached hydrogens (tertiary/aromatic N) is 1. The Balaban J connectivity index is 2.45. The summed E-state index contributed by atoms with van der Waals surface area (Å²) in [7, 11) is 1.74. The molecule has 0 unspecified atom stereocenters. The van der Waals surface area contributed by atoms with Gasteiger partial charge in [-0.25, -0.2) is 0 Å². The highest BCUT2D eigenvalue weighted by atomic mass is 16.7. The molecule has 0 saturated heterocycles. The fraction of sp³-hybridized carbons (Fsp3) is 0.625. The number of ether oxygens (including phenoxy) is 2. The number of carbonyl (C=O) groups is 1. The maximum atomic E-state index is 11.4. The molecule has 1 amide bonds. The van der Waals surface area contributed by atoms with Gasteiger partial charge < -0.3 is 14.4 Å². The van der Waals surface area contributed by atoms with Gasteiger partial charge in [0.2, 0.25) is 12.6 Å². The van der Waals surface area contributed by atoms with Crippen LogP contribution in [0.4, 0.5) is 0 Å². The Bertz CT molecular complexity index is 200. The number of likely N-dealkylation sites (N-methyl/N-ethyl adjacent to an activating group) is 1. The van der Waals surface area contributed by atoms with Crippen LogP contribution >= 0.6 is 0 Å². The van der Waals surface area contributed by atoms with Crippen LogP contribution in [0.1, 0.15) is 13.3 Å². The minimum absolute atomic E-state index is 0.116. The lowest BCUT2D eigenvalue weighted by molar-refractivity contribution is -0.129. The maximum absolute atomic E-state index is 11.4. The molecular weight excluding hydrogens is 158 g/mol. The molecule has 0 aromatic rings. The summed E-state index contributed by atoms with van der Waals surface area (Å²) < 4.78 is 9.70. The second kappa shape index (κ2) is 3.99. The molecule has 1 heterocycles. The highest BCUT2D eigenvalue weighted by molar-refractivity contribution is 5.91. The van der Waals surface area contributed by atoms with Gasteiger partial charge in [-0.15, -0.1) is 0 Å². The summed E-state index contributed by atoms with van der Waals surface area (Å²) in [5, 5.41) is 0. The summed E-state index contributed by atoms with van der Waals surface area (Å²) in [6, 6.07) is 0. The van der Waals surface area contributed by atoms with E-state index in [1.165, 1.54) is 6.26 Å². The molecular formula is C8H13NO3. The first-order valence-electron chi connectivity index (χ1n) is 3.95. The van der Waals surface area contributed by atoms with Crippen LogP contribution in [0.15, 0.2) is 12.0 Å². The third-order valence-corrected chi connectivity index (χ3v) is 1.59. The Morgan fingerprint density at radius 3 is 3.00 bits per heavy atom. The molecule has 4 heteroatoms. The van der Waals surface area contributed by atoms with Gasteiger partial charge in [0.1, 0.15) is 6.26 Å². The summed E-state index contributed by atoms with van der Waals surface area (Å²) in [4.78, 5) is 13.0. The molecule has 0 fully saturated rings. The lowest BCUT2D eigenvalue weighted by atomic mass is 10.4. The van der Waals surface area contributed by atoms with E-state index in [9.17, 15) is 4.79 Å². The zero-order valence-electron chi connectivity index (χ0n) is 7.37. The van der Waals surface area contributed by atoms with Gasteiger partial charge in [0.25, 0.3) is 5.91 Å². The monoisotopic (exact) mass is 171 g/mol. The van der Waals surface area contributed by atoms with Gasteiger partial charge in [0.05, 0.1) is 0 Å². The number of carbonyl (C=O) groups excluding carboxylic acids is 1. The topological polar surface area (TPSA) is 38.8 Å². The van der Waals surface area contributed by atoms with E-state index < -0.39 is 0 Å². The Kier molecular flexibility index (Phi) is 2.96. The fourth-order valence-electron chi connectivity index (χ4n) is 0.978. The summed E-state index contributed by atoms with van der Waals surface area (Å²) in [5.41, 5.74) is 0. The normalized spacial score (nSPS) is 14.7. The molecule has 0 N–H and O–H groups in total. The molecule has 0 bridgehead atoms. The van der Waals surface area contributed by atoms with Crippen LogP contribution in [0, 0.1) is 0 Å². The Morgan fingerprint density at radius 1 is 1.75 bits per heavy atom. The summed E-state index contributed by atoms with van der Waals surface area (Å²) in [6.45, 7) is 2.91. The first-order valence-corrected chi connectivity index (χ1v) is 3.95. The minimum Gasteiger partial charge on any atom is -0.461 e. The molecule has 68 valence electrons. The van der Waals surface area contributed by atoms with Gasteiger partial charge in [-0.05, 0) is 6.42 Å². The van der Waals surface area contributed by atoms with Crippen molar-refractivity contribution in [3.05, 3.63) is 12.0 Å². The van der Waals surface area contributed by atoms with Crippen molar-refractivity contribution in [3.63, 3.8) is 0 Å². The molecule has 1 aliphatic heterocycles. The quantitative estimate of drug-likeness (QED) is 0.627. The SMILES string of the molecule is CCCN(C)C(=O)C1=COCO1. The van der Waals surface area contributed by atoms with E-state index in [0.717, 1.165) is 13.0 Å². The van der Waals surface area contributed by atoms with Crippen molar-refractivity contribution in [2.45, 2.75) is 13.3 Å². The molecule has 1 aliphatic rings. The van der Waals surface area contributed by atoms with Gasteiger partial charge in [0, 0.05) is 13.6 Å². The van der Waals surface area contributed by atoms with Gasteiger partial charge in [-0.2, -0.15) is 0 Å². The van der Waals surface area contributed by atoms with E-state index in [1.807, 2.05) is 6.92 Å². The van der Waals surface area contributed by atoms with Crippen molar-refractivity contribution in [1.82, 2.24) is 4.90 Å². The van der Waals surface area contributed by atoms with Crippen molar-refractivity contribution >= 4 is 5.91 Å². The van der Waals surface area contributed by atoms with Crippen LogP contribution in [-0.4, -0.2) is 31.2 Å². The average molecular weight is 171 g/mol. The van der Waals surface area contributed by atoms with E-state index in [0.29, 0.717) is 5.76 Å². The molecule has 12 heavy (non-hydrogen) atoms. The molecule has 0 aromatic heterocycles. The van der Waals surface area contributed by atoms with Crippen LogP contribution in [0.3, 0.4) is 0 Å². The van der Waals surface area contributed by atoms with Crippen LogP contribution in [0.2, 0.25) is 0 Å². The Hall–Kier alpha value is -1.19. The van der Waals surface area contributed by atoms with Crippen LogP contribution in [-0.2, 0) is 14.3 Å². The smallest absolute Gasteiger partial charge is 0.292 e. The van der Waals surface area contributed by atoms with Crippen molar-refractivity contribution < 1.29 is 14.3 Å². The first-order chi connectivity index (χ1) is 5.75. The summed E-state index contributed by atoms with van der Waals surface area (Å²) in [6.07, 6.45) is 2.30. The number of hydrogen-bond acceptors (Lipinski definition) is 3. The largest absolute Gasteiger partial charge is 0.461 e. The van der Waals surface area contributed by atoms with Crippen molar-refractivity contribution in [1.29, 1.82) is 0 Å². The van der Waals surface area contributed by atoms with Crippen LogP contribution < -0.4 is 0 Å². The standard InChI is InChI=1S/C8H13NO3/c1-3-4-9(2)8(10)7-5-11-6-12-7/h5H,3-4,6H2,1-2H3. The van der Waals surface area contributed by atoms with Crippen molar-refractivity contribution in [2.75, 3.05) is 20.4 Å². The van der Waals surface area contributed by atoms with Gasteiger partial charge in [-0.3, -0.25) is 4.79 Å². The average Bonchev–Trinajstić information content (AvgIpc) is 2.55. The van der Waals surface area contributed by atoms with Crippen LogP contribution in [0.25, 0.3) is 0 Å². The first kappa shape index (κ1) is 8.90. The number of rotatable bonds is 3. The summed E-state index contributed by atoms with van der Waals surface area (Å²) >= 11 is 0. The molecule has 1 rings (SSSR count). The zero-order valence-corrected chi connectivity index (χ0v) is 7.37. The molecule has 0 saturated carbocycles. The number of amides is 1. The van der Waals surface area contributed by atoms with E-state index in [2.05, 4.69) is 0 Å². The van der Waals surface area contributed by atoms with E-state index in [-0.39, 0.29) is 12.7 Å². The highest BCUT2D eigenvalue weighted by Crippen LogP contribution is 2.09. The predicted molar refractivity (Wildman–Crippen MR) is 43.0 cm³/mol. The van der Waals surface area contributed by atoms with Crippen molar-refractivity contribution in [3.8, 4) is 0 Å². The molecule has 4 nitrogen and oxygen atoms in total. The van der Waals surface area contributed by atoms with E-state index in [1.54, 1.807) is 11.9 Å². The third-order valence-electron chi connectivity index (χ3n) is 1.59. The minimum atomic E-state index is -0.116. The van der Waals surface area contributed by atoms with Gasteiger partial charge >= 0.3 is 0 Å². The highest BCUT2D eigenvalue weighted by Gasteiger charge is 2.19. The van der Waals surface area contributed by atoms with Crippen molar-refractivity contribution in [2.24, 2.45) is 0 Å². The lowest BCUT2D eigenvalue weighted by Crippen LogP contribution is -2.28. The van der Waals surface area contributed by atoms with E-state index in [4.69, 9.17) is 9.47 Å². The van der Waals surface area contributed by atoms with Gasteiger partial charge in [-0.1, -0.05) is 6.92 Å². The van der Waals surface area contributed by atoms with Crippen LogP contribution in [0.5, 0.6) is 0 Å². The molecule has 0 radical (unpaired) electrons. The maximum Gasteiger partial charge on any atom is 0.292 e. The Morgan fingerprint density at radius 2 is 2.50 bits per heavy atom. The third kappa shape index (κ3) is 1.90. The second-order valence-electron chi connectivity index (χ2n) is 2.64. The second-order valence-corrected chi connectivity index (χ2v) is 2.64. The van der Waals surface area contributed by atoms with E-state index >= 15 is 0 Å². The molecule has 0 aromatic carbocycles. The fourth-order valence-corrected chi connectivity index (χ4v) is 0.978. The predicted octanol–water partition coefficient (Wildman–Crippen LogP) is 0.700. The molecule has 0 atom stereocenters. The molecule has 0 aliphatic carbocycles. The molecule has 0 spiro atoms. The summed E-state index contributed by atoms with van der Waals surface area (Å²) in [5.74, 6) is 0.181. The van der Waals surface area contributed by atoms with Gasteiger partial charge in [0.15, 0.2) is 0 Å². The lowest BCUT2D eigenvalue weighted by Gasteiger charge is -2.14.